The van der Waals surface area contributed by atoms with Gasteiger partial charge in [0.2, 0.25) is 0 Å². The summed E-state index contributed by atoms with van der Waals surface area (Å²) in [6.45, 7) is 12.7. The van der Waals surface area contributed by atoms with Crippen molar-refractivity contribution in [2.45, 2.75) is 60.8 Å². The van der Waals surface area contributed by atoms with Gasteiger partial charge in [0.05, 0.1) is 12.0 Å². The zero-order chi connectivity index (χ0) is 15.8. The van der Waals surface area contributed by atoms with E-state index in [1.54, 1.807) is 0 Å². The first kappa shape index (κ1) is 19.2. The average Bonchev–Trinajstić information content (AvgIpc) is 2.33. The minimum Gasteiger partial charge on any atom is -0.465 e. The van der Waals surface area contributed by atoms with E-state index in [1.165, 1.54) is 5.57 Å². The van der Waals surface area contributed by atoms with Crippen molar-refractivity contribution in [2.24, 2.45) is 17.3 Å². The number of rotatable bonds is 8. The Morgan fingerprint density at radius 2 is 1.90 bits per heavy atom. The Bertz CT molecular complexity index is 311. The number of aliphatic hydroxyl groups excluding tert-OH is 1. The quantitative estimate of drug-likeness (QED) is 0.417. The fourth-order valence-electron chi connectivity index (χ4n) is 1.82. The van der Waals surface area contributed by atoms with Crippen LogP contribution in [-0.2, 0) is 9.53 Å². The summed E-state index contributed by atoms with van der Waals surface area (Å²) < 4.78 is 5.22. The molecule has 3 heteroatoms. The zero-order valence-electron chi connectivity index (χ0n) is 14.0. The molecule has 20 heavy (non-hydrogen) atoms. The maximum atomic E-state index is 11.6. The zero-order valence-corrected chi connectivity index (χ0v) is 14.0. The van der Waals surface area contributed by atoms with Crippen molar-refractivity contribution < 1.29 is 14.6 Å². The number of allylic oxidation sites excluding steroid dienone is 1. The summed E-state index contributed by atoms with van der Waals surface area (Å²) in [4.78, 5) is 11.6. The van der Waals surface area contributed by atoms with E-state index in [4.69, 9.17) is 4.74 Å². The van der Waals surface area contributed by atoms with Gasteiger partial charge in [-0.3, -0.25) is 4.79 Å². The molecule has 0 rings (SSSR count). The molecule has 0 aromatic rings. The lowest BCUT2D eigenvalue weighted by atomic mass is 9.90. The number of esters is 1. The Labute approximate surface area is 124 Å². The number of carbonyl (C=O) groups excluding carboxylic acids is 1. The fourth-order valence-corrected chi connectivity index (χ4v) is 1.82. The minimum atomic E-state index is -0.426. The molecule has 0 saturated heterocycles. The van der Waals surface area contributed by atoms with Crippen LogP contribution in [-0.4, -0.2) is 24.3 Å². The highest BCUT2D eigenvalue weighted by Crippen LogP contribution is 2.19. The molecule has 0 bridgehead atoms. The van der Waals surface area contributed by atoms with Crippen molar-refractivity contribution in [1.82, 2.24) is 0 Å². The summed E-state index contributed by atoms with van der Waals surface area (Å²) in [5.41, 5.74) is 0.876. The second-order valence-electron chi connectivity index (χ2n) is 6.95. The van der Waals surface area contributed by atoms with Gasteiger partial charge in [0.25, 0.3) is 0 Å². The van der Waals surface area contributed by atoms with Gasteiger partial charge in [-0.05, 0) is 58.8 Å². The molecule has 0 aromatic carbocycles. The Balaban J connectivity index is 3.95. The monoisotopic (exact) mass is 284 g/mol. The molecule has 0 aliphatic heterocycles. The average molecular weight is 284 g/mol. The first-order valence-corrected chi connectivity index (χ1v) is 7.62. The number of hydrogen-bond acceptors (Lipinski definition) is 3. The van der Waals surface area contributed by atoms with Crippen molar-refractivity contribution in [1.29, 1.82) is 0 Å². The van der Waals surface area contributed by atoms with E-state index in [2.05, 4.69) is 26.8 Å². The molecular weight excluding hydrogens is 252 g/mol. The Hall–Kier alpha value is -0.830. The van der Waals surface area contributed by atoms with E-state index in [0.29, 0.717) is 18.4 Å². The van der Waals surface area contributed by atoms with E-state index in [-0.39, 0.29) is 12.6 Å². The predicted molar refractivity (Wildman–Crippen MR) is 83.4 cm³/mol. The fraction of sp³-hybridized carbons (Fsp3) is 0.824. The second kappa shape index (κ2) is 9.17. The number of hydrogen-bond donors (Lipinski definition) is 1. The lowest BCUT2D eigenvalue weighted by Gasteiger charge is -2.18. The van der Waals surface area contributed by atoms with E-state index < -0.39 is 5.41 Å². The van der Waals surface area contributed by atoms with Gasteiger partial charge in [-0.1, -0.05) is 25.5 Å². The second-order valence-corrected chi connectivity index (χ2v) is 6.95. The maximum absolute atomic E-state index is 11.6. The molecule has 1 atom stereocenters. The Morgan fingerprint density at radius 1 is 1.30 bits per heavy atom. The summed E-state index contributed by atoms with van der Waals surface area (Å²) >= 11 is 0. The first-order chi connectivity index (χ1) is 9.18. The van der Waals surface area contributed by atoms with E-state index >= 15 is 0 Å². The first-order valence-electron chi connectivity index (χ1n) is 7.62. The molecule has 1 N–H and O–H groups in total. The molecule has 118 valence electrons. The number of ether oxygens (including phenoxy) is 1. The van der Waals surface area contributed by atoms with Crippen LogP contribution in [0.25, 0.3) is 0 Å². The molecule has 0 saturated carbocycles. The molecule has 0 heterocycles. The van der Waals surface area contributed by atoms with Crippen LogP contribution in [0.1, 0.15) is 60.8 Å². The van der Waals surface area contributed by atoms with E-state index in [0.717, 1.165) is 19.3 Å². The Kier molecular flexibility index (Phi) is 8.79. The molecule has 0 aliphatic rings. The molecule has 0 aliphatic carbocycles. The van der Waals surface area contributed by atoms with Gasteiger partial charge in [-0.15, -0.1) is 0 Å². The number of carbonyl (C=O) groups is 1. The topological polar surface area (TPSA) is 46.5 Å². The molecule has 0 aromatic heterocycles. The third-order valence-corrected chi connectivity index (χ3v) is 3.54. The SMILES string of the molecule is C/C(=C\CCOC(=O)C(C)(C)C)CCC(CO)C(C)C. The minimum absolute atomic E-state index is 0.149. The van der Waals surface area contributed by atoms with E-state index in [9.17, 15) is 9.90 Å². The summed E-state index contributed by atoms with van der Waals surface area (Å²) in [5, 5.41) is 9.28. The smallest absolute Gasteiger partial charge is 0.311 e. The largest absolute Gasteiger partial charge is 0.465 e. The van der Waals surface area contributed by atoms with Crippen LogP contribution in [0.2, 0.25) is 0 Å². The normalized spacial score (nSPS) is 14.5. The third kappa shape index (κ3) is 8.36. The van der Waals surface area contributed by atoms with Gasteiger partial charge in [-0.2, -0.15) is 0 Å². The van der Waals surface area contributed by atoms with Crippen LogP contribution in [0, 0.1) is 17.3 Å². The lowest BCUT2D eigenvalue weighted by Crippen LogP contribution is -2.23. The lowest BCUT2D eigenvalue weighted by molar-refractivity contribution is -0.152. The van der Waals surface area contributed by atoms with Crippen LogP contribution >= 0.6 is 0 Å². The van der Waals surface area contributed by atoms with Crippen molar-refractivity contribution in [2.75, 3.05) is 13.2 Å². The molecule has 0 fully saturated rings. The van der Waals surface area contributed by atoms with Crippen molar-refractivity contribution in [3.63, 3.8) is 0 Å². The predicted octanol–water partition coefficient (Wildman–Crippen LogP) is 3.96. The van der Waals surface area contributed by atoms with Crippen LogP contribution < -0.4 is 0 Å². The van der Waals surface area contributed by atoms with Crippen LogP contribution in [0.3, 0.4) is 0 Å². The summed E-state index contributed by atoms with van der Waals surface area (Å²) in [7, 11) is 0. The molecule has 0 spiro atoms. The molecule has 3 nitrogen and oxygen atoms in total. The van der Waals surface area contributed by atoms with Crippen molar-refractivity contribution >= 4 is 5.97 Å². The highest BCUT2D eigenvalue weighted by Gasteiger charge is 2.22. The van der Waals surface area contributed by atoms with Gasteiger partial charge in [-0.25, -0.2) is 0 Å². The van der Waals surface area contributed by atoms with Gasteiger partial charge in [0.15, 0.2) is 0 Å². The molecule has 0 amide bonds. The summed E-state index contributed by atoms with van der Waals surface area (Å²) in [6.07, 6.45) is 4.90. The van der Waals surface area contributed by atoms with Crippen molar-refractivity contribution in [3.05, 3.63) is 11.6 Å². The van der Waals surface area contributed by atoms with Gasteiger partial charge < -0.3 is 9.84 Å². The molecular formula is C17H32O3. The molecule has 0 radical (unpaired) electrons. The molecule has 1 unspecified atom stereocenters. The summed E-state index contributed by atoms with van der Waals surface area (Å²) in [5.74, 6) is 0.737. The van der Waals surface area contributed by atoms with Crippen LogP contribution in [0.4, 0.5) is 0 Å². The number of aliphatic hydroxyl groups is 1. The summed E-state index contributed by atoms with van der Waals surface area (Å²) in [6, 6.07) is 0. The van der Waals surface area contributed by atoms with E-state index in [1.807, 2.05) is 20.8 Å². The maximum Gasteiger partial charge on any atom is 0.311 e. The van der Waals surface area contributed by atoms with Crippen LogP contribution in [0.15, 0.2) is 11.6 Å². The highest BCUT2D eigenvalue weighted by molar-refractivity contribution is 5.75. The van der Waals surface area contributed by atoms with Crippen LogP contribution in [0.5, 0.6) is 0 Å². The standard InChI is InChI=1S/C17H32O3/c1-13(2)15(12-18)10-9-14(3)8-7-11-20-16(19)17(4,5)6/h8,13,15,18H,7,9-12H2,1-6H3/b14-8+. The third-order valence-electron chi connectivity index (χ3n) is 3.54. The van der Waals surface area contributed by atoms with Crippen molar-refractivity contribution in [3.8, 4) is 0 Å². The van der Waals surface area contributed by atoms with Gasteiger partial charge >= 0.3 is 5.97 Å². The Morgan fingerprint density at radius 3 is 2.35 bits per heavy atom. The van der Waals surface area contributed by atoms with Gasteiger partial charge in [0, 0.05) is 6.61 Å². The van der Waals surface area contributed by atoms with Gasteiger partial charge in [0.1, 0.15) is 0 Å². The highest BCUT2D eigenvalue weighted by atomic mass is 16.5.